The second-order valence-electron chi connectivity index (χ2n) is 2.94. The molecule has 2 heteroatoms. The van der Waals surface area contributed by atoms with Gasteiger partial charge in [0, 0.05) is 6.04 Å². The Kier molecular flexibility index (Phi) is 8.64. The fourth-order valence-corrected chi connectivity index (χ4v) is 1.97. The van der Waals surface area contributed by atoms with Crippen molar-refractivity contribution in [1.82, 2.24) is 5.32 Å². The second-order valence-corrected chi connectivity index (χ2v) is 4.17. The van der Waals surface area contributed by atoms with Gasteiger partial charge in [-0.15, -0.1) is 0 Å². The van der Waals surface area contributed by atoms with Crippen LogP contribution in [-0.4, -0.2) is 24.6 Å². The lowest BCUT2D eigenvalue weighted by molar-refractivity contribution is 0.597. The molecule has 68 valence electrons. The molecule has 0 aromatic heterocycles. The molecule has 0 aliphatic rings. The summed E-state index contributed by atoms with van der Waals surface area (Å²) in [5, 5.41) is 3.24. The number of thioether (sulfide) groups is 1. The summed E-state index contributed by atoms with van der Waals surface area (Å²) in [5.41, 5.74) is 0. The van der Waals surface area contributed by atoms with E-state index in [1.54, 1.807) is 0 Å². The van der Waals surface area contributed by atoms with E-state index in [9.17, 15) is 0 Å². The Hall–Kier alpha value is 0.310. The van der Waals surface area contributed by atoms with Gasteiger partial charge in [-0.2, -0.15) is 11.8 Å². The smallest absolute Gasteiger partial charge is 0.00435 e. The molecule has 0 fully saturated rings. The van der Waals surface area contributed by atoms with E-state index in [2.05, 4.69) is 30.9 Å². The van der Waals surface area contributed by atoms with Gasteiger partial charge in [-0.3, -0.25) is 0 Å². The molecular formula is C9H21NS. The Labute approximate surface area is 75.3 Å². The van der Waals surface area contributed by atoms with E-state index in [1.807, 2.05) is 7.05 Å². The number of hydrogen-bond acceptors (Lipinski definition) is 2. The highest BCUT2D eigenvalue weighted by molar-refractivity contribution is 7.99. The summed E-state index contributed by atoms with van der Waals surface area (Å²) in [6.45, 7) is 4.48. The topological polar surface area (TPSA) is 12.0 Å². The first-order valence-corrected chi connectivity index (χ1v) is 5.71. The predicted molar refractivity (Wildman–Crippen MR) is 55.4 cm³/mol. The van der Waals surface area contributed by atoms with Crippen molar-refractivity contribution >= 4 is 11.8 Å². The molecule has 0 spiro atoms. The summed E-state index contributed by atoms with van der Waals surface area (Å²) in [7, 11) is 2.03. The summed E-state index contributed by atoms with van der Waals surface area (Å²) in [6, 6.07) is 0.684. The average molecular weight is 175 g/mol. The van der Waals surface area contributed by atoms with Crippen molar-refractivity contribution in [2.45, 2.75) is 39.2 Å². The normalized spacial score (nSPS) is 13.4. The van der Waals surface area contributed by atoms with E-state index >= 15 is 0 Å². The third kappa shape index (κ3) is 8.21. The standard InChI is InChI=1S/C9H21NS/c1-4-5-7-11-8-6-9(2)10-3/h9-10H,4-8H2,1-3H3. The summed E-state index contributed by atoms with van der Waals surface area (Å²) in [4.78, 5) is 0. The molecule has 0 aromatic carbocycles. The molecule has 1 N–H and O–H groups in total. The van der Waals surface area contributed by atoms with Crippen LogP contribution in [0.1, 0.15) is 33.1 Å². The zero-order chi connectivity index (χ0) is 8.53. The SMILES string of the molecule is CCCCSCCC(C)NC. The van der Waals surface area contributed by atoms with Crippen LogP contribution in [0.2, 0.25) is 0 Å². The molecule has 0 aliphatic heterocycles. The lowest BCUT2D eigenvalue weighted by Crippen LogP contribution is -2.21. The number of hydrogen-bond donors (Lipinski definition) is 1. The quantitative estimate of drug-likeness (QED) is 0.597. The van der Waals surface area contributed by atoms with Crippen molar-refractivity contribution < 1.29 is 0 Å². The summed E-state index contributed by atoms with van der Waals surface area (Å²) >= 11 is 2.08. The van der Waals surface area contributed by atoms with Gasteiger partial charge in [0.2, 0.25) is 0 Å². The Morgan fingerprint density at radius 3 is 2.64 bits per heavy atom. The van der Waals surface area contributed by atoms with Gasteiger partial charge in [0.15, 0.2) is 0 Å². The molecule has 0 saturated carbocycles. The van der Waals surface area contributed by atoms with Crippen LogP contribution in [-0.2, 0) is 0 Å². The van der Waals surface area contributed by atoms with Crippen LogP contribution in [0.3, 0.4) is 0 Å². The van der Waals surface area contributed by atoms with Crippen LogP contribution in [0.25, 0.3) is 0 Å². The fourth-order valence-electron chi connectivity index (χ4n) is 0.753. The summed E-state index contributed by atoms with van der Waals surface area (Å²) in [5.74, 6) is 2.65. The summed E-state index contributed by atoms with van der Waals surface area (Å²) < 4.78 is 0. The Bertz CT molecular complexity index is 76.0. The molecule has 0 aliphatic carbocycles. The lowest BCUT2D eigenvalue weighted by atomic mass is 10.3. The second kappa shape index (κ2) is 8.41. The van der Waals surface area contributed by atoms with Gasteiger partial charge in [0.1, 0.15) is 0 Å². The molecule has 11 heavy (non-hydrogen) atoms. The van der Waals surface area contributed by atoms with Gasteiger partial charge in [-0.1, -0.05) is 13.3 Å². The molecule has 0 bridgehead atoms. The van der Waals surface area contributed by atoms with Crippen LogP contribution in [0.15, 0.2) is 0 Å². The molecule has 0 saturated heterocycles. The first-order valence-electron chi connectivity index (χ1n) is 4.56. The van der Waals surface area contributed by atoms with Crippen LogP contribution >= 0.6 is 11.8 Å². The van der Waals surface area contributed by atoms with Gasteiger partial charge in [0.25, 0.3) is 0 Å². The highest BCUT2D eigenvalue weighted by atomic mass is 32.2. The molecule has 0 radical (unpaired) electrons. The molecule has 0 rings (SSSR count). The van der Waals surface area contributed by atoms with Crippen molar-refractivity contribution in [3.8, 4) is 0 Å². The highest BCUT2D eigenvalue weighted by Gasteiger charge is 1.96. The maximum atomic E-state index is 3.24. The van der Waals surface area contributed by atoms with Crippen LogP contribution in [0.4, 0.5) is 0 Å². The van der Waals surface area contributed by atoms with Gasteiger partial charge >= 0.3 is 0 Å². The van der Waals surface area contributed by atoms with Gasteiger partial charge in [-0.05, 0) is 38.3 Å². The van der Waals surface area contributed by atoms with Crippen LogP contribution in [0.5, 0.6) is 0 Å². The number of unbranched alkanes of at least 4 members (excludes halogenated alkanes) is 1. The fraction of sp³-hybridized carbons (Fsp3) is 1.00. The number of rotatable bonds is 7. The van der Waals surface area contributed by atoms with Gasteiger partial charge < -0.3 is 5.32 Å². The Morgan fingerprint density at radius 1 is 1.36 bits per heavy atom. The molecule has 0 aromatic rings. The molecular weight excluding hydrogens is 154 g/mol. The van der Waals surface area contributed by atoms with E-state index in [0.717, 1.165) is 0 Å². The minimum absolute atomic E-state index is 0.684. The lowest BCUT2D eigenvalue weighted by Gasteiger charge is -2.08. The highest BCUT2D eigenvalue weighted by Crippen LogP contribution is 2.07. The first kappa shape index (κ1) is 11.3. The molecule has 1 unspecified atom stereocenters. The number of nitrogens with one attached hydrogen (secondary N) is 1. The van der Waals surface area contributed by atoms with Crippen LogP contribution in [0, 0.1) is 0 Å². The minimum Gasteiger partial charge on any atom is -0.317 e. The van der Waals surface area contributed by atoms with Crippen molar-refractivity contribution in [2.75, 3.05) is 18.6 Å². The largest absolute Gasteiger partial charge is 0.317 e. The third-order valence-electron chi connectivity index (χ3n) is 1.83. The van der Waals surface area contributed by atoms with Gasteiger partial charge in [0.05, 0.1) is 0 Å². The zero-order valence-corrected chi connectivity index (χ0v) is 8.84. The van der Waals surface area contributed by atoms with E-state index in [1.165, 1.54) is 30.8 Å². The predicted octanol–water partition coefficient (Wildman–Crippen LogP) is 2.52. The van der Waals surface area contributed by atoms with Crippen molar-refractivity contribution in [3.63, 3.8) is 0 Å². The van der Waals surface area contributed by atoms with Crippen molar-refractivity contribution in [3.05, 3.63) is 0 Å². The van der Waals surface area contributed by atoms with Crippen molar-refractivity contribution in [1.29, 1.82) is 0 Å². The Balaban J connectivity index is 2.89. The van der Waals surface area contributed by atoms with E-state index in [0.29, 0.717) is 6.04 Å². The molecule has 0 amide bonds. The first-order chi connectivity index (χ1) is 5.31. The van der Waals surface area contributed by atoms with Gasteiger partial charge in [-0.25, -0.2) is 0 Å². The molecule has 1 nitrogen and oxygen atoms in total. The zero-order valence-electron chi connectivity index (χ0n) is 8.02. The summed E-state index contributed by atoms with van der Waals surface area (Å²) in [6.07, 6.45) is 4.00. The maximum Gasteiger partial charge on any atom is 0.00435 e. The maximum absolute atomic E-state index is 3.24. The minimum atomic E-state index is 0.684. The van der Waals surface area contributed by atoms with Crippen molar-refractivity contribution in [2.24, 2.45) is 0 Å². The van der Waals surface area contributed by atoms with E-state index < -0.39 is 0 Å². The molecule has 0 heterocycles. The average Bonchev–Trinajstić information content (AvgIpc) is 2.04. The Morgan fingerprint density at radius 2 is 2.09 bits per heavy atom. The van der Waals surface area contributed by atoms with E-state index in [4.69, 9.17) is 0 Å². The third-order valence-corrected chi connectivity index (χ3v) is 2.93. The van der Waals surface area contributed by atoms with Crippen LogP contribution < -0.4 is 5.32 Å². The molecule has 1 atom stereocenters. The van der Waals surface area contributed by atoms with E-state index in [-0.39, 0.29) is 0 Å². The monoisotopic (exact) mass is 175 g/mol.